The van der Waals surface area contributed by atoms with E-state index in [-0.39, 0.29) is 0 Å². The first kappa shape index (κ1) is 8.95. The van der Waals surface area contributed by atoms with Crippen LogP contribution in [0.1, 0.15) is 44.9 Å². The van der Waals surface area contributed by atoms with Crippen molar-refractivity contribution in [3.63, 3.8) is 0 Å². The summed E-state index contributed by atoms with van der Waals surface area (Å²) in [6.45, 7) is 4.20. The van der Waals surface area contributed by atoms with Crippen LogP contribution in [-0.4, -0.2) is 5.78 Å². The number of rotatable bonds is 0. The number of thiophene rings is 1. The van der Waals surface area contributed by atoms with E-state index >= 15 is 0 Å². The highest BCUT2D eigenvalue weighted by Crippen LogP contribution is 2.32. The lowest BCUT2D eigenvalue weighted by molar-refractivity contribution is 0.0982. The Hall–Kier alpha value is -0.630. The van der Waals surface area contributed by atoms with Crippen LogP contribution >= 0.6 is 11.3 Å². The zero-order valence-electron chi connectivity index (χ0n) is 8.14. The maximum Gasteiger partial charge on any atom is 0.164 e. The summed E-state index contributed by atoms with van der Waals surface area (Å²) in [6, 6.07) is 0. The van der Waals surface area contributed by atoms with Crippen LogP contribution in [0.2, 0.25) is 0 Å². The van der Waals surface area contributed by atoms with Gasteiger partial charge in [0.1, 0.15) is 0 Å². The molecule has 0 unspecified atom stereocenters. The number of hydrogen-bond acceptors (Lipinski definition) is 2. The lowest BCUT2D eigenvalue weighted by Crippen LogP contribution is -1.99. The summed E-state index contributed by atoms with van der Waals surface area (Å²) in [6.07, 6.45) is 4.11. The molecule has 0 bridgehead atoms. The molecule has 1 aromatic heterocycles. The molecule has 1 aliphatic carbocycles. The number of aryl methyl sites for hydroxylation is 2. The van der Waals surface area contributed by atoms with Crippen molar-refractivity contribution in [3.8, 4) is 0 Å². The number of hydrogen-bond donors (Lipinski definition) is 0. The topological polar surface area (TPSA) is 17.1 Å². The molecule has 70 valence electrons. The van der Waals surface area contributed by atoms with Gasteiger partial charge in [0.15, 0.2) is 5.78 Å². The molecular weight excluding hydrogens is 180 g/mol. The molecule has 0 spiro atoms. The Bertz CT molecular complexity index is 349. The van der Waals surface area contributed by atoms with Crippen LogP contribution < -0.4 is 0 Å². The maximum atomic E-state index is 11.7. The molecule has 0 atom stereocenters. The van der Waals surface area contributed by atoms with Gasteiger partial charge in [-0.1, -0.05) is 0 Å². The highest BCUT2D eigenvalue weighted by molar-refractivity contribution is 7.12. The SMILES string of the molecule is Cc1sc(C)c2c1CCCCC2=O. The highest BCUT2D eigenvalue weighted by Gasteiger charge is 2.21. The second-order valence-electron chi connectivity index (χ2n) is 3.70. The predicted octanol–water partition coefficient (Wildman–Crippen LogP) is 3.27. The minimum absolute atomic E-state index is 0.370. The largest absolute Gasteiger partial charge is 0.294 e. The van der Waals surface area contributed by atoms with E-state index < -0.39 is 0 Å². The second kappa shape index (κ2) is 3.26. The maximum absolute atomic E-state index is 11.7. The van der Waals surface area contributed by atoms with Crippen LogP contribution in [0.15, 0.2) is 0 Å². The number of carbonyl (C=O) groups excluding carboxylic acids is 1. The zero-order chi connectivity index (χ0) is 9.42. The van der Waals surface area contributed by atoms with E-state index in [1.807, 2.05) is 0 Å². The second-order valence-corrected chi connectivity index (χ2v) is 5.13. The van der Waals surface area contributed by atoms with Crippen molar-refractivity contribution in [2.75, 3.05) is 0 Å². The lowest BCUT2D eigenvalue weighted by Gasteiger charge is -1.98. The molecule has 0 aromatic carbocycles. The average Bonchev–Trinajstić information content (AvgIpc) is 2.28. The monoisotopic (exact) mass is 194 g/mol. The number of Topliss-reactive ketones (excluding diaryl/α,β-unsaturated/α-hetero) is 1. The Morgan fingerprint density at radius 2 is 1.77 bits per heavy atom. The van der Waals surface area contributed by atoms with Gasteiger partial charge in [0, 0.05) is 21.7 Å². The van der Waals surface area contributed by atoms with Gasteiger partial charge in [0.2, 0.25) is 0 Å². The summed E-state index contributed by atoms with van der Waals surface area (Å²) in [4.78, 5) is 14.3. The number of ketones is 1. The first-order valence-electron chi connectivity index (χ1n) is 4.82. The molecule has 0 fully saturated rings. The van der Waals surface area contributed by atoms with Crippen LogP contribution in [0.5, 0.6) is 0 Å². The Balaban J connectivity index is 2.56. The molecule has 1 nitrogen and oxygen atoms in total. The Morgan fingerprint density at radius 1 is 1.08 bits per heavy atom. The van der Waals surface area contributed by atoms with Gasteiger partial charge in [-0.05, 0) is 38.7 Å². The molecule has 0 N–H and O–H groups in total. The van der Waals surface area contributed by atoms with Crippen molar-refractivity contribution in [1.29, 1.82) is 0 Å². The van der Waals surface area contributed by atoms with Gasteiger partial charge in [0.05, 0.1) is 0 Å². The molecule has 0 aliphatic heterocycles. The average molecular weight is 194 g/mol. The minimum Gasteiger partial charge on any atom is -0.294 e. The van der Waals surface area contributed by atoms with Gasteiger partial charge in [-0.3, -0.25) is 4.79 Å². The molecule has 0 amide bonds. The fraction of sp³-hybridized carbons (Fsp3) is 0.545. The molecule has 0 radical (unpaired) electrons. The van der Waals surface area contributed by atoms with Gasteiger partial charge < -0.3 is 0 Å². The summed E-state index contributed by atoms with van der Waals surface area (Å²) in [5.74, 6) is 0.370. The van der Waals surface area contributed by atoms with E-state index in [0.717, 1.165) is 24.8 Å². The fourth-order valence-corrected chi connectivity index (χ4v) is 3.23. The van der Waals surface area contributed by atoms with E-state index in [1.54, 1.807) is 11.3 Å². The highest BCUT2D eigenvalue weighted by atomic mass is 32.1. The molecule has 1 aliphatic rings. The van der Waals surface area contributed by atoms with Gasteiger partial charge in [-0.25, -0.2) is 0 Å². The van der Waals surface area contributed by atoms with Crippen LogP contribution in [0, 0.1) is 13.8 Å². The zero-order valence-corrected chi connectivity index (χ0v) is 8.96. The van der Waals surface area contributed by atoms with E-state index in [1.165, 1.54) is 21.7 Å². The number of carbonyl (C=O) groups is 1. The summed E-state index contributed by atoms with van der Waals surface area (Å²) >= 11 is 1.78. The first-order chi connectivity index (χ1) is 6.20. The van der Waals surface area contributed by atoms with E-state index in [9.17, 15) is 4.79 Å². The van der Waals surface area contributed by atoms with Crippen molar-refractivity contribution in [1.82, 2.24) is 0 Å². The van der Waals surface area contributed by atoms with Crippen LogP contribution in [0.3, 0.4) is 0 Å². The molecule has 1 aromatic rings. The number of fused-ring (bicyclic) bond motifs is 1. The summed E-state index contributed by atoms with van der Waals surface area (Å²) in [5.41, 5.74) is 2.39. The van der Waals surface area contributed by atoms with Crippen LogP contribution in [-0.2, 0) is 6.42 Å². The van der Waals surface area contributed by atoms with Crippen molar-refractivity contribution in [3.05, 3.63) is 20.9 Å². The third kappa shape index (κ3) is 1.44. The predicted molar refractivity (Wildman–Crippen MR) is 55.7 cm³/mol. The van der Waals surface area contributed by atoms with Crippen LogP contribution in [0.4, 0.5) is 0 Å². The molecule has 0 saturated carbocycles. The van der Waals surface area contributed by atoms with E-state index in [0.29, 0.717) is 5.78 Å². The molecule has 13 heavy (non-hydrogen) atoms. The molecule has 1 heterocycles. The van der Waals surface area contributed by atoms with Gasteiger partial charge in [-0.2, -0.15) is 0 Å². The third-order valence-corrected chi connectivity index (χ3v) is 3.81. The summed E-state index contributed by atoms with van der Waals surface area (Å²) < 4.78 is 0. The van der Waals surface area contributed by atoms with Crippen molar-refractivity contribution < 1.29 is 4.79 Å². The smallest absolute Gasteiger partial charge is 0.164 e. The Kier molecular flexibility index (Phi) is 2.24. The molecule has 2 rings (SSSR count). The summed E-state index contributed by atoms with van der Waals surface area (Å²) in [5, 5.41) is 0. The third-order valence-electron chi connectivity index (χ3n) is 2.74. The van der Waals surface area contributed by atoms with Gasteiger partial charge in [-0.15, -0.1) is 11.3 Å². The van der Waals surface area contributed by atoms with E-state index in [4.69, 9.17) is 0 Å². The summed E-state index contributed by atoms with van der Waals surface area (Å²) in [7, 11) is 0. The van der Waals surface area contributed by atoms with E-state index in [2.05, 4.69) is 13.8 Å². The lowest BCUT2D eigenvalue weighted by atomic mass is 10.0. The Morgan fingerprint density at radius 3 is 2.54 bits per heavy atom. The standard InChI is InChI=1S/C11H14OS/c1-7-9-5-3-4-6-10(12)11(9)8(2)13-7/h3-6H2,1-2H3. The van der Waals surface area contributed by atoms with Crippen molar-refractivity contribution in [2.45, 2.75) is 39.5 Å². The normalized spacial score (nSPS) is 16.9. The Labute approximate surface area is 82.8 Å². The molecule has 0 saturated heterocycles. The van der Waals surface area contributed by atoms with Gasteiger partial charge in [0.25, 0.3) is 0 Å². The minimum atomic E-state index is 0.370. The van der Waals surface area contributed by atoms with Crippen molar-refractivity contribution in [2.24, 2.45) is 0 Å². The van der Waals surface area contributed by atoms with Crippen molar-refractivity contribution >= 4 is 17.1 Å². The molecular formula is C11H14OS. The fourth-order valence-electron chi connectivity index (χ4n) is 2.11. The first-order valence-corrected chi connectivity index (χ1v) is 5.64. The molecule has 2 heteroatoms. The van der Waals surface area contributed by atoms with Crippen LogP contribution in [0.25, 0.3) is 0 Å². The quantitative estimate of drug-likeness (QED) is 0.579. The van der Waals surface area contributed by atoms with Gasteiger partial charge >= 0.3 is 0 Å².